The molecule has 0 heterocycles. The fraction of sp³-hybridized carbons (Fsp3) is 0.533. The Morgan fingerprint density at radius 1 is 1.45 bits per heavy atom. The van der Waals surface area contributed by atoms with E-state index < -0.39 is 0 Å². The van der Waals surface area contributed by atoms with Crippen molar-refractivity contribution >= 4 is 23.2 Å². The normalized spacial score (nSPS) is 12.9. The van der Waals surface area contributed by atoms with Crippen LogP contribution in [0.3, 0.4) is 0 Å². The Labute approximate surface area is 125 Å². The van der Waals surface area contributed by atoms with Gasteiger partial charge in [0.15, 0.2) is 0 Å². The lowest BCUT2D eigenvalue weighted by molar-refractivity contribution is -0.120. The van der Waals surface area contributed by atoms with Crippen LogP contribution >= 0.6 is 11.6 Å². The molecule has 1 rings (SSSR count). The van der Waals surface area contributed by atoms with E-state index in [-0.39, 0.29) is 17.2 Å². The van der Waals surface area contributed by atoms with E-state index in [4.69, 9.17) is 22.1 Å². The summed E-state index contributed by atoms with van der Waals surface area (Å²) in [7, 11) is 1.55. The minimum Gasteiger partial charge on any atom is -0.495 e. The summed E-state index contributed by atoms with van der Waals surface area (Å²) >= 11 is 5.95. The Morgan fingerprint density at radius 3 is 2.60 bits per heavy atom. The molecule has 1 atom stereocenters. The van der Waals surface area contributed by atoms with E-state index in [2.05, 4.69) is 26.1 Å². The van der Waals surface area contributed by atoms with Gasteiger partial charge in [-0.3, -0.25) is 4.79 Å². The molecule has 0 saturated heterocycles. The second kappa shape index (κ2) is 6.95. The van der Waals surface area contributed by atoms with Gasteiger partial charge in [0, 0.05) is 11.6 Å². The van der Waals surface area contributed by atoms with E-state index >= 15 is 0 Å². The summed E-state index contributed by atoms with van der Waals surface area (Å²) in [5.41, 5.74) is 6.33. The summed E-state index contributed by atoms with van der Waals surface area (Å²) < 4.78 is 5.21. The minimum absolute atomic E-state index is 0.0415. The number of halogens is 1. The molecule has 3 N–H and O–H groups in total. The van der Waals surface area contributed by atoms with Crippen LogP contribution in [0.2, 0.25) is 5.02 Å². The molecule has 0 fully saturated rings. The first kappa shape index (κ1) is 16.8. The highest BCUT2D eigenvalue weighted by Gasteiger charge is 2.24. The van der Waals surface area contributed by atoms with Gasteiger partial charge in [-0.2, -0.15) is 0 Å². The Balaban J connectivity index is 2.86. The first-order chi connectivity index (χ1) is 9.26. The van der Waals surface area contributed by atoms with Gasteiger partial charge in [-0.25, -0.2) is 0 Å². The van der Waals surface area contributed by atoms with E-state index in [1.807, 2.05) is 0 Å². The van der Waals surface area contributed by atoms with Crippen LogP contribution in [0.5, 0.6) is 5.75 Å². The van der Waals surface area contributed by atoms with Gasteiger partial charge in [0.05, 0.1) is 18.7 Å². The highest BCUT2D eigenvalue weighted by molar-refractivity contribution is 6.31. The van der Waals surface area contributed by atoms with E-state index in [0.29, 0.717) is 23.0 Å². The first-order valence-corrected chi connectivity index (χ1v) is 6.99. The van der Waals surface area contributed by atoms with Crippen LogP contribution in [0.15, 0.2) is 18.2 Å². The van der Waals surface area contributed by atoms with Crippen molar-refractivity contribution < 1.29 is 9.53 Å². The SMILES string of the molecule is COc1ccc(Cl)cc1NC(=O)C(CN)CC(C)(C)C. The van der Waals surface area contributed by atoms with Crippen molar-refractivity contribution in [2.75, 3.05) is 19.0 Å². The van der Waals surface area contributed by atoms with E-state index in [9.17, 15) is 4.79 Å². The van der Waals surface area contributed by atoms with Gasteiger partial charge >= 0.3 is 0 Å². The molecule has 0 aliphatic rings. The van der Waals surface area contributed by atoms with Crippen LogP contribution in [0.1, 0.15) is 27.2 Å². The van der Waals surface area contributed by atoms with Crippen LogP contribution in [-0.4, -0.2) is 19.6 Å². The zero-order valence-electron chi connectivity index (χ0n) is 12.5. The summed E-state index contributed by atoms with van der Waals surface area (Å²) in [6.45, 7) is 6.57. The third-order valence-electron chi connectivity index (χ3n) is 2.93. The molecule has 1 amide bonds. The number of nitrogens with one attached hydrogen (secondary N) is 1. The number of hydrogen-bond acceptors (Lipinski definition) is 3. The number of nitrogens with two attached hydrogens (primary N) is 1. The second-order valence-electron chi connectivity index (χ2n) is 6.03. The van der Waals surface area contributed by atoms with Crippen LogP contribution in [-0.2, 0) is 4.79 Å². The highest BCUT2D eigenvalue weighted by Crippen LogP contribution is 2.29. The molecule has 0 aliphatic heterocycles. The van der Waals surface area contributed by atoms with Gasteiger partial charge in [0.25, 0.3) is 0 Å². The topological polar surface area (TPSA) is 64.3 Å². The zero-order valence-corrected chi connectivity index (χ0v) is 13.3. The van der Waals surface area contributed by atoms with Crippen LogP contribution in [0, 0.1) is 11.3 Å². The largest absolute Gasteiger partial charge is 0.495 e. The van der Waals surface area contributed by atoms with E-state index in [1.54, 1.807) is 25.3 Å². The molecular formula is C15H23ClN2O2. The van der Waals surface area contributed by atoms with E-state index in [1.165, 1.54) is 0 Å². The highest BCUT2D eigenvalue weighted by atomic mass is 35.5. The third-order valence-corrected chi connectivity index (χ3v) is 3.17. The predicted octanol–water partition coefficient (Wildman–Crippen LogP) is 3.30. The van der Waals surface area contributed by atoms with Gasteiger partial charge in [0.1, 0.15) is 5.75 Å². The summed E-state index contributed by atoms with van der Waals surface area (Å²) in [5, 5.41) is 3.39. The van der Waals surface area contributed by atoms with Crippen LogP contribution in [0.25, 0.3) is 0 Å². The van der Waals surface area contributed by atoms with Crippen LogP contribution in [0.4, 0.5) is 5.69 Å². The molecule has 4 nitrogen and oxygen atoms in total. The number of ether oxygens (including phenoxy) is 1. The molecule has 112 valence electrons. The third kappa shape index (κ3) is 5.02. The lowest BCUT2D eigenvalue weighted by Crippen LogP contribution is -2.32. The summed E-state index contributed by atoms with van der Waals surface area (Å²) in [4.78, 5) is 12.3. The van der Waals surface area contributed by atoms with Crippen molar-refractivity contribution in [3.05, 3.63) is 23.2 Å². The molecule has 0 aliphatic carbocycles. The maximum Gasteiger partial charge on any atom is 0.228 e. The number of carbonyl (C=O) groups excluding carboxylic acids is 1. The number of methoxy groups -OCH3 is 1. The molecule has 0 radical (unpaired) electrons. The Kier molecular flexibility index (Phi) is 5.84. The van der Waals surface area contributed by atoms with Gasteiger partial charge in [-0.05, 0) is 30.0 Å². The van der Waals surface area contributed by atoms with Gasteiger partial charge in [-0.1, -0.05) is 32.4 Å². The lowest BCUT2D eigenvalue weighted by Gasteiger charge is -2.24. The monoisotopic (exact) mass is 298 g/mol. The van der Waals surface area contributed by atoms with Gasteiger partial charge < -0.3 is 15.8 Å². The molecule has 1 aromatic rings. The zero-order chi connectivity index (χ0) is 15.3. The van der Waals surface area contributed by atoms with Crippen molar-refractivity contribution in [3.63, 3.8) is 0 Å². The fourth-order valence-electron chi connectivity index (χ4n) is 2.03. The average molecular weight is 299 g/mol. The van der Waals surface area contributed by atoms with Crippen molar-refractivity contribution in [3.8, 4) is 5.75 Å². The van der Waals surface area contributed by atoms with Crippen molar-refractivity contribution in [1.29, 1.82) is 0 Å². The average Bonchev–Trinajstić information content (AvgIpc) is 2.35. The Morgan fingerprint density at radius 2 is 2.10 bits per heavy atom. The summed E-state index contributed by atoms with van der Waals surface area (Å²) in [6, 6.07) is 5.10. The Hall–Kier alpha value is -1.26. The fourth-order valence-corrected chi connectivity index (χ4v) is 2.21. The predicted molar refractivity (Wildman–Crippen MR) is 83.3 cm³/mol. The molecule has 20 heavy (non-hydrogen) atoms. The number of benzene rings is 1. The van der Waals surface area contributed by atoms with Crippen molar-refractivity contribution in [2.24, 2.45) is 17.1 Å². The molecule has 1 aromatic carbocycles. The molecule has 5 heteroatoms. The number of hydrogen-bond donors (Lipinski definition) is 2. The minimum atomic E-state index is -0.237. The van der Waals surface area contributed by atoms with Crippen molar-refractivity contribution in [2.45, 2.75) is 27.2 Å². The smallest absolute Gasteiger partial charge is 0.228 e. The number of carbonyl (C=O) groups is 1. The second-order valence-corrected chi connectivity index (χ2v) is 6.47. The standard InChI is InChI=1S/C15H23ClN2O2/c1-15(2,3)8-10(9-17)14(19)18-12-7-11(16)5-6-13(12)20-4/h5-7,10H,8-9,17H2,1-4H3,(H,18,19). The van der Waals surface area contributed by atoms with Crippen molar-refractivity contribution in [1.82, 2.24) is 0 Å². The maximum absolute atomic E-state index is 12.3. The van der Waals surface area contributed by atoms with Crippen LogP contribution < -0.4 is 15.8 Å². The molecule has 1 unspecified atom stereocenters. The lowest BCUT2D eigenvalue weighted by atomic mass is 9.84. The molecule has 0 saturated carbocycles. The molecule has 0 bridgehead atoms. The first-order valence-electron chi connectivity index (χ1n) is 6.61. The van der Waals surface area contributed by atoms with Gasteiger partial charge in [-0.15, -0.1) is 0 Å². The molecular weight excluding hydrogens is 276 g/mol. The summed E-state index contributed by atoms with van der Waals surface area (Å²) in [5.74, 6) is 0.232. The maximum atomic E-state index is 12.3. The Bertz CT molecular complexity index is 469. The number of rotatable bonds is 5. The quantitative estimate of drug-likeness (QED) is 0.876. The number of amides is 1. The van der Waals surface area contributed by atoms with Gasteiger partial charge in [0.2, 0.25) is 5.91 Å². The molecule has 0 aromatic heterocycles. The summed E-state index contributed by atoms with van der Waals surface area (Å²) in [6.07, 6.45) is 0.720. The molecule has 0 spiro atoms. The number of anilines is 1. The van der Waals surface area contributed by atoms with E-state index in [0.717, 1.165) is 6.42 Å².